The SMILES string of the molecule is C=CCOc1ccc(/C=C2/SC(=O)N(CC(=O)Nc3ccc(OCC)cc3)C2=O)cc1Br. The van der Waals surface area contributed by atoms with E-state index in [1.54, 1.807) is 54.6 Å². The number of hydrogen-bond donors (Lipinski definition) is 1. The smallest absolute Gasteiger partial charge is 0.294 e. The van der Waals surface area contributed by atoms with Gasteiger partial charge < -0.3 is 14.8 Å². The van der Waals surface area contributed by atoms with Crippen LogP contribution < -0.4 is 14.8 Å². The third kappa shape index (κ3) is 6.02. The van der Waals surface area contributed by atoms with Gasteiger partial charge in [-0.2, -0.15) is 0 Å². The van der Waals surface area contributed by atoms with Gasteiger partial charge in [-0.25, -0.2) is 0 Å². The van der Waals surface area contributed by atoms with Gasteiger partial charge in [-0.15, -0.1) is 0 Å². The average Bonchev–Trinajstić information content (AvgIpc) is 3.02. The minimum absolute atomic E-state index is 0.246. The zero-order chi connectivity index (χ0) is 23.1. The third-order valence-electron chi connectivity index (χ3n) is 4.23. The maximum Gasteiger partial charge on any atom is 0.294 e. The van der Waals surface area contributed by atoms with E-state index in [1.807, 2.05) is 6.92 Å². The van der Waals surface area contributed by atoms with Gasteiger partial charge in [0.2, 0.25) is 5.91 Å². The van der Waals surface area contributed by atoms with E-state index < -0.39 is 17.1 Å². The number of rotatable bonds is 9. The first-order chi connectivity index (χ1) is 15.4. The van der Waals surface area contributed by atoms with E-state index in [0.717, 1.165) is 16.7 Å². The van der Waals surface area contributed by atoms with Crippen LogP contribution in [-0.4, -0.2) is 41.7 Å². The predicted octanol–water partition coefficient (Wildman–Crippen LogP) is 5.09. The summed E-state index contributed by atoms with van der Waals surface area (Å²) in [4.78, 5) is 38.5. The van der Waals surface area contributed by atoms with Gasteiger partial charge in [0, 0.05) is 5.69 Å². The lowest BCUT2D eigenvalue weighted by Gasteiger charge is -2.12. The van der Waals surface area contributed by atoms with Crippen molar-refractivity contribution in [1.29, 1.82) is 0 Å². The summed E-state index contributed by atoms with van der Waals surface area (Å²) in [5, 5.41) is 2.19. The number of carbonyl (C=O) groups excluding carboxylic acids is 3. The second-order valence-corrected chi connectivity index (χ2v) is 8.41. The first kappa shape index (κ1) is 23.6. The lowest BCUT2D eigenvalue weighted by atomic mass is 10.2. The largest absolute Gasteiger partial charge is 0.494 e. The second-order valence-electron chi connectivity index (χ2n) is 6.56. The van der Waals surface area contributed by atoms with Gasteiger partial charge in [-0.3, -0.25) is 19.3 Å². The first-order valence-corrected chi connectivity index (χ1v) is 11.3. The van der Waals surface area contributed by atoms with Crippen molar-refractivity contribution in [1.82, 2.24) is 4.90 Å². The molecule has 0 bridgehead atoms. The molecule has 0 atom stereocenters. The monoisotopic (exact) mass is 516 g/mol. The number of halogens is 1. The summed E-state index contributed by atoms with van der Waals surface area (Å²) in [7, 11) is 0. The van der Waals surface area contributed by atoms with Crippen LogP contribution in [0, 0.1) is 0 Å². The quantitative estimate of drug-likeness (QED) is 0.369. The number of thioether (sulfide) groups is 1. The molecule has 1 N–H and O–H groups in total. The highest BCUT2D eigenvalue weighted by atomic mass is 79.9. The Balaban J connectivity index is 1.64. The topological polar surface area (TPSA) is 84.9 Å². The van der Waals surface area contributed by atoms with Crippen molar-refractivity contribution in [2.45, 2.75) is 6.92 Å². The molecular weight excluding hydrogens is 496 g/mol. The molecule has 3 rings (SSSR count). The van der Waals surface area contributed by atoms with Crippen LogP contribution in [0.2, 0.25) is 0 Å². The number of ether oxygens (including phenoxy) is 2. The number of imide groups is 1. The summed E-state index contributed by atoms with van der Waals surface area (Å²) >= 11 is 4.22. The maximum absolute atomic E-state index is 12.7. The molecule has 166 valence electrons. The Morgan fingerprint density at radius 1 is 1.19 bits per heavy atom. The van der Waals surface area contributed by atoms with Gasteiger partial charge in [0.1, 0.15) is 24.7 Å². The van der Waals surface area contributed by atoms with Gasteiger partial charge in [0.15, 0.2) is 0 Å². The van der Waals surface area contributed by atoms with E-state index in [2.05, 4.69) is 27.8 Å². The number of amides is 3. The van der Waals surface area contributed by atoms with E-state index in [0.29, 0.717) is 40.4 Å². The maximum atomic E-state index is 12.7. The summed E-state index contributed by atoms with van der Waals surface area (Å²) in [5.74, 6) is 0.351. The van der Waals surface area contributed by atoms with Gasteiger partial charge in [-0.1, -0.05) is 18.7 Å². The molecule has 7 nitrogen and oxygen atoms in total. The number of hydrogen-bond acceptors (Lipinski definition) is 6. The fourth-order valence-corrected chi connectivity index (χ4v) is 4.15. The summed E-state index contributed by atoms with van der Waals surface area (Å²) < 4.78 is 11.6. The van der Waals surface area contributed by atoms with E-state index in [4.69, 9.17) is 9.47 Å². The van der Waals surface area contributed by atoms with Crippen molar-refractivity contribution in [3.63, 3.8) is 0 Å². The third-order valence-corrected chi connectivity index (χ3v) is 5.76. The molecular formula is C23H21BrN2O5S. The highest BCUT2D eigenvalue weighted by Crippen LogP contribution is 2.34. The fourth-order valence-electron chi connectivity index (χ4n) is 2.81. The Morgan fingerprint density at radius 2 is 1.94 bits per heavy atom. The normalized spacial score (nSPS) is 14.6. The predicted molar refractivity (Wildman–Crippen MR) is 129 cm³/mol. The van der Waals surface area contributed by atoms with Crippen molar-refractivity contribution in [2.24, 2.45) is 0 Å². The van der Waals surface area contributed by atoms with Crippen LogP contribution in [-0.2, 0) is 9.59 Å². The van der Waals surface area contributed by atoms with E-state index in [9.17, 15) is 14.4 Å². The lowest BCUT2D eigenvalue weighted by molar-refractivity contribution is -0.127. The van der Waals surface area contributed by atoms with Crippen LogP contribution >= 0.6 is 27.7 Å². The average molecular weight is 517 g/mol. The molecule has 0 spiro atoms. The van der Waals surface area contributed by atoms with Gasteiger partial charge in [-0.05, 0) is 82.7 Å². The Hall–Kier alpha value is -3.04. The Labute approximate surface area is 198 Å². The molecule has 1 fully saturated rings. The van der Waals surface area contributed by atoms with Crippen molar-refractivity contribution in [3.05, 3.63) is 70.1 Å². The molecule has 9 heteroatoms. The second kappa shape index (κ2) is 11.0. The van der Waals surface area contributed by atoms with Gasteiger partial charge >= 0.3 is 0 Å². The van der Waals surface area contributed by atoms with Crippen molar-refractivity contribution < 1.29 is 23.9 Å². The minimum Gasteiger partial charge on any atom is -0.494 e. The summed E-state index contributed by atoms with van der Waals surface area (Å²) in [6.07, 6.45) is 3.25. The minimum atomic E-state index is -0.509. The molecule has 1 saturated heterocycles. The molecule has 2 aromatic rings. The van der Waals surface area contributed by atoms with Crippen molar-refractivity contribution in [3.8, 4) is 11.5 Å². The first-order valence-electron chi connectivity index (χ1n) is 9.72. The Morgan fingerprint density at radius 3 is 2.59 bits per heavy atom. The van der Waals surface area contributed by atoms with Crippen LogP contribution in [0.4, 0.5) is 10.5 Å². The molecule has 1 aliphatic heterocycles. The molecule has 1 aliphatic rings. The molecule has 3 amide bonds. The summed E-state index contributed by atoms with van der Waals surface area (Å²) in [5.41, 5.74) is 1.26. The van der Waals surface area contributed by atoms with Gasteiger partial charge in [0.05, 0.1) is 16.0 Å². The summed E-state index contributed by atoms with van der Waals surface area (Å²) in [6, 6.07) is 12.2. The molecule has 1 heterocycles. The lowest BCUT2D eigenvalue weighted by Crippen LogP contribution is -2.36. The standard InChI is InChI=1S/C23H21BrN2O5S/c1-3-11-31-19-10-5-15(12-18(19)24)13-20-22(28)26(23(29)32-20)14-21(27)25-16-6-8-17(9-7-16)30-4-2/h3,5-10,12-13H,1,4,11,14H2,2H3,(H,25,27)/b20-13+. The van der Waals surface area contributed by atoms with Crippen LogP contribution in [0.3, 0.4) is 0 Å². The zero-order valence-corrected chi connectivity index (χ0v) is 19.7. The molecule has 2 aromatic carbocycles. The van der Waals surface area contributed by atoms with Crippen LogP contribution in [0.15, 0.2) is 64.5 Å². The Kier molecular flexibility index (Phi) is 8.13. The van der Waals surface area contributed by atoms with E-state index in [-0.39, 0.29) is 11.4 Å². The number of anilines is 1. The molecule has 0 aliphatic carbocycles. The molecule has 0 radical (unpaired) electrons. The Bertz CT molecular complexity index is 1070. The van der Waals surface area contributed by atoms with Crippen LogP contribution in [0.1, 0.15) is 12.5 Å². The van der Waals surface area contributed by atoms with Gasteiger partial charge in [0.25, 0.3) is 11.1 Å². The number of nitrogens with one attached hydrogen (secondary N) is 1. The molecule has 0 aromatic heterocycles. The highest BCUT2D eigenvalue weighted by Gasteiger charge is 2.36. The number of benzene rings is 2. The highest BCUT2D eigenvalue weighted by molar-refractivity contribution is 9.10. The zero-order valence-electron chi connectivity index (χ0n) is 17.3. The molecule has 32 heavy (non-hydrogen) atoms. The van der Waals surface area contributed by atoms with Crippen LogP contribution in [0.5, 0.6) is 11.5 Å². The van der Waals surface area contributed by atoms with Crippen molar-refractivity contribution >= 4 is 56.5 Å². The number of nitrogens with zero attached hydrogens (tertiary/aromatic N) is 1. The van der Waals surface area contributed by atoms with E-state index in [1.165, 1.54) is 0 Å². The van der Waals surface area contributed by atoms with Crippen LogP contribution in [0.25, 0.3) is 6.08 Å². The molecule has 0 unspecified atom stereocenters. The van der Waals surface area contributed by atoms with Crippen molar-refractivity contribution in [2.75, 3.05) is 25.1 Å². The van der Waals surface area contributed by atoms with E-state index >= 15 is 0 Å². The summed E-state index contributed by atoms with van der Waals surface area (Å²) in [6.45, 7) is 6.04. The molecule has 0 saturated carbocycles. The number of carbonyl (C=O) groups is 3. The fraction of sp³-hybridized carbons (Fsp3) is 0.174.